The standard InChI is InChI=1S/C14H21NO7/c1-5-20-13(18)10(14(19)21-6-2)11(16)15-7-8-22-12(17)9(3)4/h10H,3,5-8H2,1-2,4H3,(H,15,16). The first-order valence-corrected chi connectivity index (χ1v) is 6.78. The summed E-state index contributed by atoms with van der Waals surface area (Å²) in [4.78, 5) is 46.3. The monoisotopic (exact) mass is 315 g/mol. The molecule has 0 saturated heterocycles. The molecule has 0 saturated carbocycles. The SMILES string of the molecule is C=C(C)C(=O)OCCNC(=O)C(C(=O)OCC)C(=O)OCC. The molecule has 0 atom stereocenters. The Hall–Kier alpha value is -2.38. The molecule has 0 spiro atoms. The van der Waals surface area contributed by atoms with Gasteiger partial charge in [-0.1, -0.05) is 6.58 Å². The van der Waals surface area contributed by atoms with Crippen molar-refractivity contribution in [2.24, 2.45) is 5.92 Å². The minimum absolute atomic E-state index is 0.0260. The lowest BCUT2D eigenvalue weighted by atomic mass is 10.1. The van der Waals surface area contributed by atoms with E-state index in [-0.39, 0.29) is 31.9 Å². The number of hydrogen-bond donors (Lipinski definition) is 1. The molecule has 0 aliphatic carbocycles. The zero-order valence-corrected chi connectivity index (χ0v) is 13.0. The van der Waals surface area contributed by atoms with Crippen LogP contribution in [0.25, 0.3) is 0 Å². The molecule has 0 aliphatic rings. The molecule has 1 N–H and O–H groups in total. The van der Waals surface area contributed by atoms with Crippen molar-refractivity contribution in [3.05, 3.63) is 12.2 Å². The lowest BCUT2D eigenvalue weighted by Gasteiger charge is -2.14. The van der Waals surface area contributed by atoms with Crippen LogP contribution in [0.3, 0.4) is 0 Å². The van der Waals surface area contributed by atoms with Crippen LogP contribution >= 0.6 is 0 Å². The first-order chi connectivity index (χ1) is 10.3. The van der Waals surface area contributed by atoms with Crippen LogP contribution in [0, 0.1) is 5.92 Å². The van der Waals surface area contributed by atoms with Gasteiger partial charge in [0.1, 0.15) is 6.61 Å². The minimum atomic E-state index is -1.70. The number of carbonyl (C=O) groups is 4. The average Bonchev–Trinajstić information content (AvgIpc) is 2.44. The highest BCUT2D eigenvalue weighted by Gasteiger charge is 2.36. The van der Waals surface area contributed by atoms with Crippen molar-refractivity contribution in [2.45, 2.75) is 20.8 Å². The number of ether oxygens (including phenoxy) is 3. The van der Waals surface area contributed by atoms with Gasteiger partial charge in [-0.15, -0.1) is 0 Å². The van der Waals surface area contributed by atoms with E-state index >= 15 is 0 Å². The molecule has 0 radical (unpaired) electrons. The smallest absolute Gasteiger partial charge is 0.333 e. The maximum Gasteiger partial charge on any atom is 0.333 e. The Morgan fingerprint density at radius 2 is 1.50 bits per heavy atom. The second-order valence-electron chi connectivity index (χ2n) is 4.14. The fourth-order valence-electron chi connectivity index (χ4n) is 1.30. The summed E-state index contributed by atoms with van der Waals surface area (Å²) in [6.45, 7) is 7.86. The summed E-state index contributed by atoms with van der Waals surface area (Å²) >= 11 is 0. The van der Waals surface area contributed by atoms with Crippen molar-refractivity contribution in [2.75, 3.05) is 26.4 Å². The van der Waals surface area contributed by atoms with E-state index in [1.165, 1.54) is 6.92 Å². The van der Waals surface area contributed by atoms with Gasteiger partial charge < -0.3 is 19.5 Å². The molecule has 8 nitrogen and oxygen atoms in total. The molecule has 0 aromatic heterocycles. The highest BCUT2D eigenvalue weighted by molar-refractivity contribution is 6.14. The summed E-state index contributed by atoms with van der Waals surface area (Å²) in [5, 5.41) is 2.31. The normalized spacial score (nSPS) is 9.82. The third-order valence-electron chi connectivity index (χ3n) is 2.29. The Balaban J connectivity index is 4.51. The predicted octanol–water partition coefficient (Wildman–Crippen LogP) is -0.0357. The van der Waals surface area contributed by atoms with Crippen molar-refractivity contribution in [3.8, 4) is 0 Å². The Morgan fingerprint density at radius 1 is 1.00 bits per heavy atom. The van der Waals surface area contributed by atoms with Crippen molar-refractivity contribution < 1.29 is 33.4 Å². The van der Waals surface area contributed by atoms with Crippen LogP contribution in [0.2, 0.25) is 0 Å². The lowest BCUT2D eigenvalue weighted by Crippen LogP contribution is -2.43. The minimum Gasteiger partial charge on any atom is -0.465 e. The van der Waals surface area contributed by atoms with Crippen LogP contribution in [0.4, 0.5) is 0 Å². The van der Waals surface area contributed by atoms with E-state index in [1.54, 1.807) is 13.8 Å². The van der Waals surface area contributed by atoms with Gasteiger partial charge in [-0.3, -0.25) is 14.4 Å². The van der Waals surface area contributed by atoms with E-state index in [1.807, 2.05) is 0 Å². The molecule has 1 amide bonds. The number of rotatable bonds is 9. The Kier molecular flexibility index (Phi) is 9.24. The summed E-state index contributed by atoms with van der Waals surface area (Å²) < 4.78 is 14.1. The van der Waals surface area contributed by atoms with Crippen LogP contribution in [0.5, 0.6) is 0 Å². The van der Waals surface area contributed by atoms with E-state index in [2.05, 4.69) is 21.4 Å². The molecule has 0 aromatic carbocycles. The largest absolute Gasteiger partial charge is 0.465 e. The number of esters is 3. The van der Waals surface area contributed by atoms with Crippen LogP contribution in [0.15, 0.2) is 12.2 Å². The Labute approximate surface area is 128 Å². The van der Waals surface area contributed by atoms with Crippen LogP contribution in [0.1, 0.15) is 20.8 Å². The fraction of sp³-hybridized carbons (Fsp3) is 0.571. The van der Waals surface area contributed by atoms with Crippen molar-refractivity contribution in [1.82, 2.24) is 5.32 Å². The van der Waals surface area contributed by atoms with Gasteiger partial charge in [0.15, 0.2) is 0 Å². The number of carbonyl (C=O) groups excluding carboxylic acids is 4. The van der Waals surface area contributed by atoms with Crippen LogP contribution < -0.4 is 5.32 Å². The van der Waals surface area contributed by atoms with Gasteiger partial charge in [-0.25, -0.2) is 4.79 Å². The molecule has 8 heteroatoms. The second kappa shape index (κ2) is 10.4. The second-order valence-corrected chi connectivity index (χ2v) is 4.14. The molecule has 0 bridgehead atoms. The predicted molar refractivity (Wildman–Crippen MR) is 75.5 cm³/mol. The highest BCUT2D eigenvalue weighted by Crippen LogP contribution is 2.04. The highest BCUT2D eigenvalue weighted by atomic mass is 16.6. The number of hydrogen-bond acceptors (Lipinski definition) is 7. The molecule has 0 aliphatic heterocycles. The molecular formula is C14H21NO7. The van der Waals surface area contributed by atoms with E-state index in [4.69, 9.17) is 4.74 Å². The molecule has 0 rings (SSSR count). The summed E-state index contributed by atoms with van der Waals surface area (Å²) in [7, 11) is 0. The van der Waals surface area contributed by atoms with Gasteiger partial charge in [0.05, 0.1) is 19.8 Å². The number of amides is 1. The third kappa shape index (κ3) is 6.87. The van der Waals surface area contributed by atoms with E-state index in [0.717, 1.165) is 0 Å². The van der Waals surface area contributed by atoms with Gasteiger partial charge in [0, 0.05) is 5.57 Å². The van der Waals surface area contributed by atoms with Crippen molar-refractivity contribution in [1.29, 1.82) is 0 Å². The van der Waals surface area contributed by atoms with Gasteiger partial charge in [-0.05, 0) is 20.8 Å². The Bertz CT molecular complexity index is 426. The van der Waals surface area contributed by atoms with Gasteiger partial charge in [-0.2, -0.15) is 0 Å². The van der Waals surface area contributed by atoms with Crippen LogP contribution in [-0.4, -0.2) is 50.2 Å². The van der Waals surface area contributed by atoms with Gasteiger partial charge >= 0.3 is 17.9 Å². The summed E-state index contributed by atoms with van der Waals surface area (Å²) in [6.07, 6.45) is 0. The number of nitrogens with one attached hydrogen (secondary N) is 1. The van der Waals surface area contributed by atoms with Gasteiger partial charge in [0.2, 0.25) is 11.8 Å². The topological polar surface area (TPSA) is 108 Å². The molecule has 0 aromatic rings. The quantitative estimate of drug-likeness (QED) is 0.209. The average molecular weight is 315 g/mol. The molecular weight excluding hydrogens is 294 g/mol. The fourth-order valence-corrected chi connectivity index (χ4v) is 1.30. The Morgan fingerprint density at radius 3 is 1.91 bits per heavy atom. The lowest BCUT2D eigenvalue weighted by molar-refractivity contribution is -0.164. The van der Waals surface area contributed by atoms with E-state index < -0.39 is 29.7 Å². The molecule has 0 heterocycles. The summed E-state index contributed by atoms with van der Waals surface area (Å²) in [6, 6.07) is 0. The molecule has 124 valence electrons. The van der Waals surface area contributed by atoms with Gasteiger partial charge in [0.25, 0.3) is 0 Å². The molecule has 0 unspecified atom stereocenters. The summed E-state index contributed by atoms with van der Waals surface area (Å²) in [5.74, 6) is -5.14. The zero-order valence-electron chi connectivity index (χ0n) is 13.0. The first-order valence-electron chi connectivity index (χ1n) is 6.78. The maximum absolute atomic E-state index is 11.9. The van der Waals surface area contributed by atoms with Crippen molar-refractivity contribution in [3.63, 3.8) is 0 Å². The van der Waals surface area contributed by atoms with E-state index in [9.17, 15) is 19.2 Å². The zero-order chi connectivity index (χ0) is 17.1. The first kappa shape index (κ1) is 19.6. The van der Waals surface area contributed by atoms with E-state index in [0.29, 0.717) is 0 Å². The summed E-state index contributed by atoms with van der Waals surface area (Å²) in [5.41, 5.74) is 0.224. The van der Waals surface area contributed by atoms with Crippen LogP contribution in [-0.2, 0) is 33.4 Å². The van der Waals surface area contributed by atoms with Crippen molar-refractivity contribution >= 4 is 23.8 Å². The molecule has 22 heavy (non-hydrogen) atoms. The third-order valence-corrected chi connectivity index (χ3v) is 2.29. The maximum atomic E-state index is 11.9. The molecule has 0 fully saturated rings.